The number of hydrogen-bond acceptors (Lipinski definition) is 4. The van der Waals surface area contributed by atoms with E-state index in [0.29, 0.717) is 19.4 Å². The number of esters is 2. The summed E-state index contributed by atoms with van der Waals surface area (Å²) in [5, 5.41) is 0. The van der Waals surface area contributed by atoms with Crippen LogP contribution in [-0.4, -0.2) is 25.2 Å². The summed E-state index contributed by atoms with van der Waals surface area (Å²) >= 11 is 0. The smallest absolute Gasteiger partial charge is 0.320 e. The van der Waals surface area contributed by atoms with Crippen molar-refractivity contribution < 1.29 is 19.1 Å². The van der Waals surface area contributed by atoms with Crippen LogP contribution in [0.4, 0.5) is 0 Å². The van der Waals surface area contributed by atoms with Crippen LogP contribution in [0.3, 0.4) is 0 Å². The summed E-state index contributed by atoms with van der Waals surface area (Å²) in [5.41, 5.74) is 0. The molecular formula is C14H24O4. The molecule has 0 saturated heterocycles. The fourth-order valence-electron chi connectivity index (χ4n) is 1.48. The Morgan fingerprint density at radius 3 is 2.39 bits per heavy atom. The molecule has 0 spiro atoms. The highest BCUT2D eigenvalue weighted by molar-refractivity contribution is 5.94. The van der Waals surface area contributed by atoms with Crippen LogP contribution in [0.1, 0.15) is 46.0 Å². The number of carbonyl (C=O) groups excluding carboxylic acids is 2. The first-order valence-corrected chi connectivity index (χ1v) is 6.61. The Balaban J connectivity index is 4.21. The summed E-state index contributed by atoms with van der Waals surface area (Å²) in [5.74, 6) is -1.80. The largest absolute Gasteiger partial charge is 0.465 e. The Hall–Kier alpha value is -1.32. The summed E-state index contributed by atoms with van der Waals surface area (Å²) in [7, 11) is 0. The molecule has 0 bridgehead atoms. The number of rotatable bonds is 10. The molecule has 1 atom stereocenters. The third-order valence-corrected chi connectivity index (χ3v) is 2.51. The van der Waals surface area contributed by atoms with Crippen molar-refractivity contribution in [3.8, 4) is 0 Å². The van der Waals surface area contributed by atoms with E-state index in [9.17, 15) is 9.59 Å². The van der Waals surface area contributed by atoms with Crippen LogP contribution < -0.4 is 0 Å². The Labute approximate surface area is 109 Å². The summed E-state index contributed by atoms with van der Waals surface area (Å²) in [6.45, 7) is 8.02. The molecule has 0 radical (unpaired) electrons. The van der Waals surface area contributed by atoms with Gasteiger partial charge < -0.3 is 9.47 Å². The fraction of sp³-hybridized carbons (Fsp3) is 0.714. The Morgan fingerprint density at radius 2 is 1.83 bits per heavy atom. The van der Waals surface area contributed by atoms with Crippen molar-refractivity contribution in [1.82, 2.24) is 0 Å². The van der Waals surface area contributed by atoms with Crippen LogP contribution in [0.5, 0.6) is 0 Å². The second-order valence-corrected chi connectivity index (χ2v) is 4.05. The normalized spacial score (nSPS) is 11.7. The van der Waals surface area contributed by atoms with Crippen LogP contribution >= 0.6 is 0 Å². The van der Waals surface area contributed by atoms with E-state index in [-0.39, 0.29) is 6.61 Å². The van der Waals surface area contributed by atoms with Crippen molar-refractivity contribution in [1.29, 1.82) is 0 Å². The van der Waals surface area contributed by atoms with Gasteiger partial charge in [-0.2, -0.15) is 0 Å². The molecule has 0 heterocycles. The second-order valence-electron chi connectivity index (χ2n) is 4.05. The van der Waals surface area contributed by atoms with Crippen LogP contribution in [0.25, 0.3) is 0 Å². The zero-order valence-electron chi connectivity index (χ0n) is 11.4. The van der Waals surface area contributed by atoms with Gasteiger partial charge in [-0.25, -0.2) is 0 Å². The number of hydrogen-bond donors (Lipinski definition) is 0. The van der Waals surface area contributed by atoms with Crippen molar-refractivity contribution in [3.63, 3.8) is 0 Å². The first-order chi connectivity index (χ1) is 8.67. The third-order valence-electron chi connectivity index (χ3n) is 2.51. The predicted molar refractivity (Wildman–Crippen MR) is 70.0 cm³/mol. The lowest BCUT2D eigenvalue weighted by Gasteiger charge is -2.14. The van der Waals surface area contributed by atoms with Gasteiger partial charge in [-0.1, -0.05) is 25.8 Å². The first-order valence-electron chi connectivity index (χ1n) is 6.61. The standard InChI is InChI=1S/C14H24O4/c1-4-7-9-11-18-14(16)12(10-8-5-2)13(15)17-6-3/h5,12H,2,4,6-11H2,1,3H3. The summed E-state index contributed by atoms with van der Waals surface area (Å²) in [6.07, 6.45) is 5.58. The van der Waals surface area contributed by atoms with Crippen LogP contribution in [0.15, 0.2) is 12.7 Å². The van der Waals surface area contributed by atoms with E-state index in [1.807, 2.05) is 0 Å². The predicted octanol–water partition coefficient (Wildman–Crippen LogP) is 2.87. The molecule has 104 valence electrons. The van der Waals surface area contributed by atoms with Gasteiger partial charge in [0.25, 0.3) is 0 Å². The minimum Gasteiger partial charge on any atom is -0.465 e. The highest BCUT2D eigenvalue weighted by atomic mass is 16.6. The Morgan fingerprint density at radius 1 is 1.17 bits per heavy atom. The quantitative estimate of drug-likeness (QED) is 0.261. The number of carbonyl (C=O) groups is 2. The molecule has 0 aliphatic heterocycles. The van der Waals surface area contributed by atoms with Gasteiger partial charge in [-0.05, 0) is 26.2 Å². The zero-order valence-corrected chi connectivity index (χ0v) is 11.4. The van der Waals surface area contributed by atoms with E-state index >= 15 is 0 Å². The van der Waals surface area contributed by atoms with Crippen molar-refractivity contribution in [3.05, 3.63) is 12.7 Å². The van der Waals surface area contributed by atoms with Crippen LogP contribution in [0.2, 0.25) is 0 Å². The average molecular weight is 256 g/mol. The Bertz CT molecular complexity index is 261. The highest BCUT2D eigenvalue weighted by Gasteiger charge is 2.28. The van der Waals surface area contributed by atoms with Gasteiger partial charge in [0.05, 0.1) is 13.2 Å². The molecule has 0 aromatic heterocycles. The lowest BCUT2D eigenvalue weighted by atomic mass is 10.0. The van der Waals surface area contributed by atoms with Crippen molar-refractivity contribution >= 4 is 11.9 Å². The minimum atomic E-state index is -0.815. The molecule has 0 aliphatic carbocycles. The topological polar surface area (TPSA) is 52.6 Å². The van der Waals surface area contributed by atoms with E-state index < -0.39 is 17.9 Å². The molecule has 4 nitrogen and oxygen atoms in total. The van der Waals surface area contributed by atoms with Gasteiger partial charge in [0.15, 0.2) is 5.92 Å². The molecule has 0 saturated carbocycles. The van der Waals surface area contributed by atoms with Gasteiger partial charge in [-0.3, -0.25) is 9.59 Å². The molecule has 0 aliphatic rings. The maximum Gasteiger partial charge on any atom is 0.320 e. The number of unbranched alkanes of at least 4 members (excludes halogenated alkanes) is 2. The fourth-order valence-corrected chi connectivity index (χ4v) is 1.48. The summed E-state index contributed by atoms with van der Waals surface area (Å²) in [4.78, 5) is 23.4. The van der Waals surface area contributed by atoms with E-state index in [4.69, 9.17) is 9.47 Å². The van der Waals surface area contributed by atoms with Crippen LogP contribution in [-0.2, 0) is 19.1 Å². The van der Waals surface area contributed by atoms with Crippen molar-refractivity contribution in [2.75, 3.05) is 13.2 Å². The first kappa shape index (κ1) is 16.7. The van der Waals surface area contributed by atoms with E-state index in [0.717, 1.165) is 19.3 Å². The zero-order chi connectivity index (χ0) is 13.8. The maximum absolute atomic E-state index is 11.8. The molecule has 0 rings (SSSR count). The number of allylic oxidation sites excluding steroid dienone is 1. The van der Waals surface area contributed by atoms with Crippen LogP contribution in [0, 0.1) is 5.92 Å². The molecule has 0 N–H and O–H groups in total. The average Bonchev–Trinajstić information content (AvgIpc) is 2.35. The van der Waals surface area contributed by atoms with Gasteiger partial charge in [0.1, 0.15) is 0 Å². The Kier molecular flexibility index (Phi) is 10.0. The number of ether oxygens (including phenoxy) is 2. The lowest BCUT2D eigenvalue weighted by molar-refractivity contribution is -0.162. The monoisotopic (exact) mass is 256 g/mol. The molecule has 0 amide bonds. The van der Waals surface area contributed by atoms with Crippen molar-refractivity contribution in [2.45, 2.75) is 46.0 Å². The SMILES string of the molecule is C=CCCC(C(=O)OCC)C(=O)OCCCCC. The summed E-state index contributed by atoms with van der Waals surface area (Å²) < 4.78 is 9.97. The van der Waals surface area contributed by atoms with Gasteiger partial charge >= 0.3 is 11.9 Å². The van der Waals surface area contributed by atoms with E-state index in [1.165, 1.54) is 0 Å². The lowest BCUT2D eigenvalue weighted by Crippen LogP contribution is -2.28. The third kappa shape index (κ3) is 7.09. The molecule has 0 fully saturated rings. The van der Waals surface area contributed by atoms with E-state index in [1.54, 1.807) is 13.0 Å². The molecule has 1 unspecified atom stereocenters. The van der Waals surface area contributed by atoms with Gasteiger partial charge in [-0.15, -0.1) is 6.58 Å². The van der Waals surface area contributed by atoms with E-state index in [2.05, 4.69) is 13.5 Å². The molecule has 0 aromatic rings. The molecule has 4 heteroatoms. The molecule has 18 heavy (non-hydrogen) atoms. The maximum atomic E-state index is 11.8. The highest BCUT2D eigenvalue weighted by Crippen LogP contribution is 2.12. The van der Waals surface area contributed by atoms with Gasteiger partial charge in [0, 0.05) is 0 Å². The second kappa shape index (κ2) is 10.8. The molecular weight excluding hydrogens is 232 g/mol. The molecule has 0 aromatic carbocycles. The van der Waals surface area contributed by atoms with Gasteiger partial charge in [0.2, 0.25) is 0 Å². The van der Waals surface area contributed by atoms with Crippen molar-refractivity contribution in [2.24, 2.45) is 5.92 Å². The minimum absolute atomic E-state index is 0.270. The summed E-state index contributed by atoms with van der Waals surface area (Å²) in [6, 6.07) is 0.